The zero-order valence-electron chi connectivity index (χ0n) is 10.8. The van der Waals surface area contributed by atoms with Gasteiger partial charge in [0, 0.05) is 10.8 Å². The van der Waals surface area contributed by atoms with E-state index >= 15 is 0 Å². The van der Waals surface area contributed by atoms with Crippen LogP contribution in [-0.2, 0) is 5.41 Å². The normalized spacial score (nSPS) is 11.5. The Labute approximate surface area is 107 Å². The van der Waals surface area contributed by atoms with Crippen molar-refractivity contribution in [1.82, 2.24) is 4.37 Å². The van der Waals surface area contributed by atoms with Crippen molar-refractivity contribution in [3.8, 4) is 0 Å². The summed E-state index contributed by atoms with van der Waals surface area (Å²) >= 11 is 1.58. The molecule has 2 heteroatoms. The number of aromatic nitrogens is 1. The third kappa shape index (κ3) is 2.06. The van der Waals surface area contributed by atoms with Crippen LogP contribution in [0, 0.1) is 13.8 Å². The third-order valence-corrected chi connectivity index (χ3v) is 3.78. The van der Waals surface area contributed by atoms with Crippen LogP contribution < -0.4 is 0 Å². The molecule has 2 aromatic rings. The molecule has 0 aliphatic heterocycles. The Kier molecular flexibility index (Phi) is 2.94. The molecule has 88 valence electrons. The van der Waals surface area contributed by atoms with Gasteiger partial charge < -0.3 is 0 Å². The molecule has 0 saturated heterocycles. The van der Waals surface area contributed by atoms with E-state index in [1.807, 2.05) is 6.08 Å². The maximum atomic E-state index is 4.63. The number of fused-ring (bicyclic) bond motifs is 1. The van der Waals surface area contributed by atoms with Gasteiger partial charge in [-0.25, -0.2) is 0 Å². The van der Waals surface area contributed by atoms with Crippen LogP contribution in [-0.4, -0.2) is 4.37 Å². The lowest BCUT2D eigenvalue weighted by Gasteiger charge is -2.17. The number of aryl methyl sites for hydroxylation is 2. The van der Waals surface area contributed by atoms with Gasteiger partial charge in [0.2, 0.25) is 0 Å². The van der Waals surface area contributed by atoms with Crippen LogP contribution in [0.3, 0.4) is 0 Å². The highest BCUT2D eigenvalue weighted by molar-refractivity contribution is 7.13. The summed E-state index contributed by atoms with van der Waals surface area (Å²) in [5, 5.41) is 1.29. The SMILES string of the molecule is C=C=CC(C)(C)c1nsc2cc(C)cc(C)c12. The Morgan fingerprint density at radius 3 is 2.71 bits per heavy atom. The molecule has 0 N–H and O–H groups in total. The fourth-order valence-corrected chi connectivity index (χ4v) is 3.31. The van der Waals surface area contributed by atoms with E-state index in [2.05, 4.69) is 56.5 Å². The lowest BCUT2D eigenvalue weighted by Crippen LogP contribution is -2.14. The summed E-state index contributed by atoms with van der Waals surface area (Å²) in [6.07, 6.45) is 1.99. The van der Waals surface area contributed by atoms with E-state index in [0.29, 0.717) is 0 Å². The highest BCUT2D eigenvalue weighted by Crippen LogP contribution is 2.35. The molecule has 1 aromatic heterocycles. The zero-order chi connectivity index (χ0) is 12.6. The summed E-state index contributed by atoms with van der Waals surface area (Å²) in [5.41, 5.74) is 6.50. The van der Waals surface area contributed by atoms with E-state index in [1.54, 1.807) is 11.5 Å². The number of hydrogen-bond donors (Lipinski definition) is 0. The second-order valence-corrected chi connectivity index (χ2v) is 5.86. The van der Waals surface area contributed by atoms with Gasteiger partial charge in [-0.3, -0.25) is 0 Å². The predicted octanol–water partition coefficient (Wildman–Crippen LogP) is 4.53. The van der Waals surface area contributed by atoms with E-state index < -0.39 is 0 Å². The first kappa shape index (κ1) is 12.1. The number of hydrogen-bond acceptors (Lipinski definition) is 2. The molecule has 0 aliphatic rings. The highest BCUT2D eigenvalue weighted by atomic mass is 32.1. The Bertz CT molecular complexity index is 613. The quantitative estimate of drug-likeness (QED) is 0.706. The van der Waals surface area contributed by atoms with Crippen molar-refractivity contribution >= 4 is 21.6 Å². The van der Waals surface area contributed by atoms with Crippen LogP contribution in [0.15, 0.2) is 30.5 Å². The average molecular weight is 243 g/mol. The molecule has 0 aliphatic carbocycles. The van der Waals surface area contributed by atoms with Crippen LogP contribution >= 0.6 is 11.5 Å². The van der Waals surface area contributed by atoms with Crippen LogP contribution in [0.25, 0.3) is 10.1 Å². The van der Waals surface area contributed by atoms with E-state index in [4.69, 9.17) is 0 Å². The van der Waals surface area contributed by atoms with Crippen molar-refractivity contribution in [3.05, 3.63) is 47.3 Å². The van der Waals surface area contributed by atoms with Crippen molar-refractivity contribution in [2.24, 2.45) is 0 Å². The van der Waals surface area contributed by atoms with E-state index in [1.165, 1.54) is 21.2 Å². The Morgan fingerprint density at radius 2 is 2.06 bits per heavy atom. The fourth-order valence-electron chi connectivity index (χ4n) is 2.21. The number of benzene rings is 1. The molecule has 1 aromatic carbocycles. The topological polar surface area (TPSA) is 12.9 Å². The molecule has 1 heterocycles. The fraction of sp³-hybridized carbons (Fsp3) is 0.333. The molecular formula is C15H17NS. The molecule has 0 bridgehead atoms. The molecule has 1 nitrogen and oxygen atoms in total. The molecule has 0 saturated carbocycles. The van der Waals surface area contributed by atoms with Crippen LogP contribution in [0.2, 0.25) is 0 Å². The molecular weight excluding hydrogens is 226 g/mol. The Morgan fingerprint density at radius 1 is 1.35 bits per heavy atom. The van der Waals surface area contributed by atoms with Gasteiger partial charge in [0.25, 0.3) is 0 Å². The maximum Gasteiger partial charge on any atom is 0.0723 e. The third-order valence-electron chi connectivity index (χ3n) is 2.99. The van der Waals surface area contributed by atoms with Gasteiger partial charge in [0.05, 0.1) is 10.4 Å². The van der Waals surface area contributed by atoms with Crippen molar-refractivity contribution in [2.45, 2.75) is 33.1 Å². The van der Waals surface area contributed by atoms with Gasteiger partial charge in [0.1, 0.15) is 0 Å². The first-order valence-electron chi connectivity index (χ1n) is 5.70. The summed E-state index contributed by atoms with van der Waals surface area (Å²) < 4.78 is 5.90. The molecule has 0 fully saturated rings. The van der Waals surface area contributed by atoms with Crippen molar-refractivity contribution in [3.63, 3.8) is 0 Å². The molecule has 0 radical (unpaired) electrons. The van der Waals surface area contributed by atoms with E-state index in [0.717, 1.165) is 5.69 Å². The Hall–Kier alpha value is -1.37. The van der Waals surface area contributed by atoms with Gasteiger partial charge in [-0.1, -0.05) is 26.5 Å². The molecule has 0 unspecified atom stereocenters. The van der Waals surface area contributed by atoms with Gasteiger partial charge in [-0.05, 0) is 48.6 Å². The zero-order valence-corrected chi connectivity index (χ0v) is 11.6. The van der Waals surface area contributed by atoms with Crippen molar-refractivity contribution in [2.75, 3.05) is 0 Å². The number of rotatable bonds is 2. The molecule has 0 amide bonds. The predicted molar refractivity (Wildman–Crippen MR) is 75.8 cm³/mol. The largest absolute Gasteiger partial charge is 0.196 e. The standard InChI is InChI=1S/C15H17NS/c1-6-7-15(4,5)14-13-11(3)8-10(2)9-12(13)17-16-14/h7-9H,1H2,2-5H3. The lowest BCUT2D eigenvalue weighted by atomic mass is 9.86. The van der Waals surface area contributed by atoms with E-state index in [9.17, 15) is 0 Å². The second-order valence-electron chi connectivity index (χ2n) is 5.06. The maximum absolute atomic E-state index is 4.63. The molecule has 2 rings (SSSR count). The van der Waals surface area contributed by atoms with Crippen LogP contribution in [0.5, 0.6) is 0 Å². The highest BCUT2D eigenvalue weighted by Gasteiger charge is 2.24. The second kappa shape index (κ2) is 4.14. The van der Waals surface area contributed by atoms with Gasteiger partial charge in [-0.2, -0.15) is 4.37 Å². The average Bonchev–Trinajstić information content (AvgIpc) is 2.61. The molecule has 0 spiro atoms. The first-order chi connectivity index (χ1) is 7.95. The lowest BCUT2D eigenvalue weighted by molar-refractivity contribution is 0.660. The van der Waals surface area contributed by atoms with Crippen LogP contribution in [0.1, 0.15) is 30.7 Å². The van der Waals surface area contributed by atoms with Crippen molar-refractivity contribution in [1.29, 1.82) is 0 Å². The summed E-state index contributed by atoms with van der Waals surface area (Å²) in [6.45, 7) is 12.3. The summed E-state index contributed by atoms with van der Waals surface area (Å²) in [7, 11) is 0. The van der Waals surface area contributed by atoms with Gasteiger partial charge in [-0.15, -0.1) is 5.73 Å². The molecule has 0 atom stereocenters. The summed E-state index contributed by atoms with van der Waals surface area (Å²) in [6, 6.07) is 4.42. The smallest absolute Gasteiger partial charge is 0.0723 e. The monoisotopic (exact) mass is 243 g/mol. The minimum atomic E-state index is -0.111. The minimum absolute atomic E-state index is 0.111. The van der Waals surface area contributed by atoms with Gasteiger partial charge in [0.15, 0.2) is 0 Å². The molecule has 17 heavy (non-hydrogen) atoms. The Balaban J connectivity index is 2.77. The summed E-state index contributed by atoms with van der Waals surface area (Å²) in [4.78, 5) is 0. The van der Waals surface area contributed by atoms with Crippen molar-refractivity contribution < 1.29 is 0 Å². The summed E-state index contributed by atoms with van der Waals surface area (Å²) in [5.74, 6) is 0. The number of nitrogens with zero attached hydrogens (tertiary/aromatic N) is 1. The first-order valence-corrected chi connectivity index (χ1v) is 6.47. The minimum Gasteiger partial charge on any atom is -0.196 e. The van der Waals surface area contributed by atoms with Crippen LogP contribution in [0.4, 0.5) is 0 Å². The number of allylic oxidation sites excluding steroid dienone is 1. The van der Waals surface area contributed by atoms with Gasteiger partial charge >= 0.3 is 0 Å². The van der Waals surface area contributed by atoms with E-state index in [-0.39, 0.29) is 5.41 Å².